The van der Waals surface area contributed by atoms with Crippen LogP contribution in [-0.2, 0) is 16.0 Å². The second kappa shape index (κ2) is 7.55. The van der Waals surface area contributed by atoms with E-state index in [1.54, 1.807) is 35.6 Å². The van der Waals surface area contributed by atoms with Crippen LogP contribution in [-0.4, -0.2) is 19.2 Å². The van der Waals surface area contributed by atoms with Gasteiger partial charge in [0, 0.05) is 17.0 Å². The molecular formula is C15H17NO3S. The van der Waals surface area contributed by atoms with Crippen molar-refractivity contribution in [2.45, 2.75) is 12.8 Å². The van der Waals surface area contributed by atoms with Crippen molar-refractivity contribution in [3.05, 3.63) is 46.7 Å². The van der Waals surface area contributed by atoms with E-state index in [0.717, 1.165) is 6.42 Å². The average molecular weight is 291 g/mol. The van der Waals surface area contributed by atoms with Gasteiger partial charge in [-0.05, 0) is 35.7 Å². The third-order valence-corrected chi connectivity index (χ3v) is 3.58. The molecule has 0 amide bonds. The van der Waals surface area contributed by atoms with Gasteiger partial charge in [-0.25, -0.2) is 0 Å². The molecule has 0 saturated carbocycles. The zero-order chi connectivity index (χ0) is 14.2. The lowest BCUT2D eigenvalue weighted by Crippen LogP contribution is -2.11. The van der Waals surface area contributed by atoms with E-state index >= 15 is 0 Å². The van der Waals surface area contributed by atoms with E-state index in [9.17, 15) is 4.79 Å². The summed E-state index contributed by atoms with van der Waals surface area (Å²) < 4.78 is 10.6. The maximum absolute atomic E-state index is 11.5. The number of thiophene rings is 1. The van der Waals surface area contributed by atoms with E-state index in [1.165, 1.54) is 4.88 Å². The lowest BCUT2D eigenvalue weighted by atomic mass is 10.3. The zero-order valence-corrected chi connectivity index (χ0v) is 11.9. The molecule has 4 nitrogen and oxygen atoms in total. The summed E-state index contributed by atoms with van der Waals surface area (Å²) in [5.74, 6) is 0.461. The van der Waals surface area contributed by atoms with Crippen LogP contribution in [0, 0.1) is 0 Å². The van der Waals surface area contributed by atoms with Gasteiger partial charge in [0.1, 0.15) is 5.75 Å². The summed E-state index contributed by atoms with van der Waals surface area (Å²) in [6, 6.07) is 11.1. The Kier molecular flexibility index (Phi) is 5.43. The molecule has 2 rings (SSSR count). The largest absolute Gasteiger partial charge is 0.493 e. The molecule has 1 aromatic heterocycles. The molecule has 0 saturated heterocycles. The van der Waals surface area contributed by atoms with Gasteiger partial charge in [0.05, 0.1) is 19.6 Å². The predicted molar refractivity (Wildman–Crippen MR) is 79.9 cm³/mol. The van der Waals surface area contributed by atoms with Gasteiger partial charge >= 0.3 is 5.97 Å². The van der Waals surface area contributed by atoms with Gasteiger partial charge in [-0.2, -0.15) is 0 Å². The Balaban J connectivity index is 1.59. The van der Waals surface area contributed by atoms with E-state index in [2.05, 4.69) is 0 Å². The van der Waals surface area contributed by atoms with Crippen LogP contribution in [0.15, 0.2) is 41.8 Å². The Labute approximate surface area is 122 Å². The summed E-state index contributed by atoms with van der Waals surface area (Å²) >= 11 is 1.66. The molecule has 0 radical (unpaired) electrons. The maximum Gasteiger partial charge on any atom is 0.309 e. The topological polar surface area (TPSA) is 61.5 Å². The van der Waals surface area contributed by atoms with Crippen molar-refractivity contribution >= 4 is 23.0 Å². The third kappa shape index (κ3) is 4.93. The SMILES string of the molecule is Nc1ccc(OCCC(=O)OCCc2cccs2)cc1. The molecule has 0 unspecified atom stereocenters. The summed E-state index contributed by atoms with van der Waals surface area (Å²) in [4.78, 5) is 12.7. The minimum Gasteiger partial charge on any atom is -0.493 e. The van der Waals surface area contributed by atoms with Gasteiger partial charge in [0.25, 0.3) is 0 Å². The first kappa shape index (κ1) is 14.4. The summed E-state index contributed by atoms with van der Waals surface area (Å²) in [5, 5.41) is 2.01. The number of rotatable bonds is 7. The number of nitrogens with two attached hydrogens (primary N) is 1. The summed E-state index contributed by atoms with van der Waals surface area (Å²) in [6.45, 7) is 0.725. The van der Waals surface area contributed by atoms with Crippen LogP contribution < -0.4 is 10.5 Å². The normalized spacial score (nSPS) is 10.2. The number of carbonyl (C=O) groups is 1. The van der Waals surface area contributed by atoms with Crippen LogP contribution in [0.1, 0.15) is 11.3 Å². The first-order valence-corrected chi connectivity index (χ1v) is 7.28. The monoisotopic (exact) mass is 291 g/mol. The quantitative estimate of drug-likeness (QED) is 0.629. The molecule has 0 bridgehead atoms. The van der Waals surface area contributed by atoms with Crippen molar-refractivity contribution in [1.82, 2.24) is 0 Å². The Morgan fingerprint density at radius 1 is 1.15 bits per heavy atom. The standard InChI is InChI=1S/C15H17NO3S/c16-12-3-5-13(6-4-12)18-10-8-15(17)19-9-7-14-2-1-11-20-14/h1-6,11H,7-10,16H2. The van der Waals surface area contributed by atoms with E-state index in [1.807, 2.05) is 17.5 Å². The lowest BCUT2D eigenvalue weighted by Gasteiger charge is -2.06. The number of hydrogen-bond acceptors (Lipinski definition) is 5. The Hall–Kier alpha value is -2.01. The van der Waals surface area contributed by atoms with Crippen LogP contribution in [0.4, 0.5) is 5.69 Å². The number of nitrogen functional groups attached to an aromatic ring is 1. The highest BCUT2D eigenvalue weighted by Crippen LogP contribution is 2.13. The highest BCUT2D eigenvalue weighted by Gasteiger charge is 2.04. The number of hydrogen-bond donors (Lipinski definition) is 1. The van der Waals surface area contributed by atoms with Crippen LogP contribution in [0.25, 0.3) is 0 Å². The number of carbonyl (C=O) groups excluding carboxylic acids is 1. The number of anilines is 1. The molecule has 0 aliphatic rings. The molecule has 0 spiro atoms. The molecule has 0 atom stereocenters. The first-order valence-electron chi connectivity index (χ1n) is 6.40. The smallest absolute Gasteiger partial charge is 0.309 e. The van der Waals surface area contributed by atoms with Crippen LogP contribution in [0.5, 0.6) is 5.75 Å². The molecule has 1 heterocycles. The van der Waals surface area contributed by atoms with Crippen molar-refractivity contribution in [1.29, 1.82) is 0 Å². The van der Waals surface area contributed by atoms with Crippen LogP contribution in [0.3, 0.4) is 0 Å². The van der Waals surface area contributed by atoms with Gasteiger partial charge in [-0.1, -0.05) is 6.07 Å². The minimum absolute atomic E-state index is 0.239. The van der Waals surface area contributed by atoms with Gasteiger partial charge in [-0.3, -0.25) is 4.79 Å². The highest BCUT2D eigenvalue weighted by atomic mass is 32.1. The molecule has 106 valence electrons. The Morgan fingerprint density at radius 3 is 2.65 bits per heavy atom. The van der Waals surface area contributed by atoms with Gasteiger partial charge in [0.2, 0.25) is 0 Å². The molecule has 2 aromatic rings. The predicted octanol–water partition coefficient (Wildman–Crippen LogP) is 2.89. The molecular weight excluding hydrogens is 274 g/mol. The van der Waals surface area contributed by atoms with Gasteiger partial charge < -0.3 is 15.2 Å². The number of esters is 1. The van der Waals surface area contributed by atoms with Crippen LogP contribution >= 0.6 is 11.3 Å². The molecule has 0 fully saturated rings. The molecule has 1 aromatic carbocycles. The van der Waals surface area contributed by atoms with E-state index in [0.29, 0.717) is 24.7 Å². The van der Waals surface area contributed by atoms with E-state index in [-0.39, 0.29) is 12.4 Å². The van der Waals surface area contributed by atoms with Crippen LogP contribution in [0.2, 0.25) is 0 Å². The fourth-order valence-corrected chi connectivity index (χ4v) is 2.30. The Bertz CT molecular complexity index is 523. The number of benzene rings is 1. The highest BCUT2D eigenvalue weighted by molar-refractivity contribution is 7.09. The lowest BCUT2D eigenvalue weighted by molar-refractivity contribution is -0.144. The molecule has 0 aliphatic heterocycles. The minimum atomic E-state index is -0.239. The van der Waals surface area contributed by atoms with Crippen molar-refractivity contribution in [2.24, 2.45) is 0 Å². The van der Waals surface area contributed by atoms with Crippen molar-refractivity contribution in [3.8, 4) is 5.75 Å². The summed E-state index contributed by atoms with van der Waals surface area (Å²) in [7, 11) is 0. The molecule has 5 heteroatoms. The third-order valence-electron chi connectivity index (χ3n) is 2.65. The number of ether oxygens (including phenoxy) is 2. The molecule has 0 aliphatic carbocycles. The van der Waals surface area contributed by atoms with Gasteiger partial charge in [0.15, 0.2) is 0 Å². The Morgan fingerprint density at radius 2 is 1.95 bits per heavy atom. The zero-order valence-electron chi connectivity index (χ0n) is 11.1. The summed E-state index contributed by atoms with van der Waals surface area (Å²) in [5.41, 5.74) is 6.26. The van der Waals surface area contributed by atoms with Gasteiger partial charge in [-0.15, -0.1) is 11.3 Å². The van der Waals surface area contributed by atoms with E-state index in [4.69, 9.17) is 15.2 Å². The summed E-state index contributed by atoms with van der Waals surface area (Å²) in [6.07, 6.45) is 1.01. The maximum atomic E-state index is 11.5. The second-order valence-electron chi connectivity index (χ2n) is 4.22. The fourth-order valence-electron chi connectivity index (χ4n) is 1.61. The molecule has 2 N–H and O–H groups in total. The molecule has 20 heavy (non-hydrogen) atoms. The van der Waals surface area contributed by atoms with E-state index < -0.39 is 0 Å². The first-order chi connectivity index (χ1) is 9.74. The van der Waals surface area contributed by atoms with Crippen molar-refractivity contribution in [3.63, 3.8) is 0 Å². The van der Waals surface area contributed by atoms with Crippen molar-refractivity contribution < 1.29 is 14.3 Å². The van der Waals surface area contributed by atoms with Crippen molar-refractivity contribution in [2.75, 3.05) is 18.9 Å². The second-order valence-corrected chi connectivity index (χ2v) is 5.25. The average Bonchev–Trinajstić information content (AvgIpc) is 2.94. The fraction of sp³-hybridized carbons (Fsp3) is 0.267.